The smallest absolute Gasteiger partial charge is 0.340 e. The summed E-state index contributed by atoms with van der Waals surface area (Å²) in [5, 5.41) is 3.07. The van der Waals surface area contributed by atoms with E-state index in [0.29, 0.717) is 0 Å². The Bertz CT molecular complexity index is 608. The zero-order chi connectivity index (χ0) is 14.5. The first-order valence-electron chi connectivity index (χ1n) is 6.27. The van der Waals surface area contributed by atoms with Crippen molar-refractivity contribution in [2.45, 2.75) is 6.54 Å². The van der Waals surface area contributed by atoms with E-state index < -0.39 is 11.8 Å². The molecule has 2 rings (SSSR count). The van der Waals surface area contributed by atoms with E-state index in [9.17, 15) is 9.18 Å². The fourth-order valence-electron chi connectivity index (χ4n) is 1.99. The Morgan fingerprint density at radius 3 is 2.35 bits per heavy atom. The van der Waals surface area contributed by atoms with Gasteiger partial charge >= 0.3 is 5.97 Å². The number of benzene rings is 2. The summed E-state index contributed by atoms with van der Waals surface area (Å²) >= 11 is 0. The molecule has 0 fully saturated rings. The number of hydrogen-bond donors (Lipinski definition) is 1. The van der Waals surface area contributed by atoms with E-state index in [1.165, 1.54) is 19.2 Å². The number of esters is 1. The Morgan fingerprint density at radius 1 is 1.15 bits per heavy atom. The highest BCUT2D eigenvalue weighted by molar-refractivity contribution is 5.90. The molecule has 0 aliphatic rings. The second-order valence-corrected chi connectivity index (χ2v) is 4.41. The molecular weight excluding hydrogens is 257 g/mol. The molecule has 0 heterocycles. The molecule has 0 unspecified atom stereocenters. The topological polar surface area (TPSA) is 38.3 Å². The number of methoxy groups -OCH3 is 1. The molecule has 2 aromatic rings. The van der Waals surface area contributed by atoms with E-state index in [-0.39, 0.29) is 5.56 Å². The van der Waals surface area contributed by atoms with Crippen LogP contribution in [0.15, 0.2) is 42.5 Å². The van der Waals surface area contributed by atoms with Gasteiger partial charge in [-0.1, -0.05) is 30.3 Å². The number of nitrogens with one attached hydrogen (secondary N) is 1. The maximum absolute atomic E-state index is 13.9. The number of ether oxygens (including phenoxy) is 1. The average molecular weight is 273 g/mol. The molecule has 20 heavy (non-hydrogen) atoms. The standard InChI is InChI=1S/C16H16FNO2/c1-18-10-11-3-5-12(6-4-11)13-7-8-14(15(17)9-13)16(19)20-2/h3-9,18H,10H2,1-2H3. The largest absolute Gasteiger partial charge is 0.465 e. The summed E-state index contributed by atoms with van der Waals surface area (Å²) in [5.41, 5.74) is 2.73. The number of carbonyl (C=O) groups excluding carboxylic acids is 1. The lowest BCUT2D eigenvalue weighted by molar-refractivity contribution is 0.0595. The monoisotopic (exact) mass is 273 g/mol. The van der Waals surface area contributed by atoms with E-state index in [1.807, 2.05) is 31.3 Å². The van der Waals surface area contributed by atoms with Crippen LogP contribution >= 0.6 is 0 Å². The molecule has 1 N–H and O–H groups in total. The van der Waals surface area contributed by atoms with Crippen molar-refractivity contribution in [3.8, 4) is 11.1 Å². The van der Waals surface area contributed by atoms with Gasteiger partial charge in [0.1, 0.15) is 5.82 Å². The summed E-state index contributed by atoms with van der Waals surface area (Å²) in [7, 11) is 3.12. The minimum Gasteiger partial charge on any atom is -0.465 e. The molecule has 0 saturated heterocycles. The number of halogens is 1. The Kier molecular flexibility index (Phi) is 4.48. The first-order chi connectivity index (χ1) is 9.65. The van der Waals surface area contributed by atoms with Crippen molar-refractivity contribution in [2.24, 2.45) is 0 Å². The van der Waals surface area contributed by atoms with Gasteiger partial charge in [-0.3, -0.25) is 0 Å². The molecule has 0 saturated carbocycles. The van der Waals surface area contributed by atoms with Gasteiger partial charge in [-0.25, -0.2) is 9.18 Å². The van der Waals surface area contributed by atoms with Crippen molar-refractivity contribution < 1.29 is 13.9 Å². The molecule has 104 valence electrons. The van der Waals surface area contributed by atoms with Crippen molar-refractivity contribution in [1.82, 2.24) is 5.32 Å². The van der Waals surface area contributed by atoms with Crippen LogP contribution in [0.4, 0.5) is 4.39 Å². The molecular formula is C16H16FNO2. The van der Waals surface area contributed by atoms with Gasteiger partial charge in [-0.15, -0.1) is 0 Å². The normalized spacial score (nSPS) is 10.3. The Morgan fingerprint density at radius 2 is 1.80 bits per heavy atom. The second kappa shape index (κ2) is 6.30. The third-order valence-corrected chi connectivity index (χ3v) is 3.04. The first kappa shape index (κ1) is 14.2. The maximum atomic E-state index is 13.9. The van der Waals surface area contributed by atoms with Crippen LogP contribution < -0.4 is 5.32 Å². The lowest BCUT2D eigenvalue weighted by Gasteiger charge is -2.06. The van der Waals surface area contributed by atoms with E-state index in [4.69, 9.17) is 0 Å². The van der Waals surface area contributed by atoms with Crippen molar-refractivity contribution >= 4 is 5.97 Å². The molecule has 0 aromatic heterocycles. The first-order valence-corrected chi connectivity index (χ1v) is 6.27. The van der Waals surface area contributed by atoms with Crippen LogP contribution in [0.3, 0.4) is 0 Å². The molecule has 0 aliphatic carbocycles. The second-order valence-electron chi connectivity index (χ2n) is 4.41. The zero-order valence-electron chi connectivity index (χ0n) is 11.4. The van der Waals surface area contributed by atoms with Crippen LogP contribution in [-0.4, -0.2) is 20.1 Å². The summed E-state index contributed by atoms with van der Waals surface area (Å²) in [6.45, 7) is 0.788. The quantitative estimate of drug-likeness (QED) is 0.870. The zero-order valence-corrected chi connectivity index (χ0v) is 11.4. The summed E-state index contributed by atoms with van der Waals surface area (Å²) in [6, 6.07) is 12.3. The van der Waals surface area contributed by atoms with E-state index in [2.05, 4.69) is 10.1 Å². The SMILES string of the molecule is CNCc1ccc(-c2ccc(C(=O)OC)c(F)c2)cc1. The van der Waals surface area contributed by atoms with Gasteiger partial charge in [0.05, 0.1) is 12.7 Å². The van der Waals surface area contributed by atoms with Crippen LogP contribution in [0.2, 0.25) is 0 Å². The maximum Gasteiger partial charge on any atom is 0.340 e. The Hall–Kier alpha value is -2.20. The minimum absolute atomic E-state index is 0.0527. The highest BCUT2D eigenvalue weighted by Gasteiger charge is 2.12. The highest BCUT2D eigenvalue weighted by Crippen LogP contribution is 2.22. The van der Waals surface area contributed by atoms with Crippen molar-refractivity contribution in [3.05, 3.63) is 59.4 Å². The number of carbonyl (C=O) groups is 1. The minimum atomic E-state index is -0.668. The molecule has 0 radical (unpaired) electrons. The fraction of sp³-hybridized carbons (Fsp3) is 0.188. The summed E-state index contributed by atoms with van der Waals surface area (Å²) < 4.78 is 18.4. The van der Waals surface area contributed by atoms with Gasteiger partial charge < -0.3 is 10.1 Å². The van der Waals surface area contributed by atoms with Gasteiger partial charge in [0, 0.05) is 6.54 Å². The van der Waals surface area contributed by atoms with Crippen molar-refractivity contribution in [3.63, 3.8) is 0 Å². The van der Waals surface area contributed by atoms with Crippen LogP contribution in [0.25, 0.3) is 11.1 Å². The molecule has 0 amide bonds. The van der Waals surface area contributed by atoms with Crippen molar-refractivity contribution in [1.29, 1.82) is 0 Å². The van der Waals surface area contributed by atoms with Gasteiger partial charge in [0.15, 0.2) is 0 Å². The van der Waals surface area contributed by atoms with Gasteiger partial charge in [-0.05, 0) is 35.9 Å². The number of rotatable bonds is 4. The lowest BCUT2D eigenvalue weighted by Crippen LogP contribution is -2.05. The molecule has 0 aliphatic heterocycles. The Labute approximate surface area is 117 Å². The lowest BCUT2D eigenvalue weighted by atomic mass is 10.0. The van der Waals surface area contributed by atoms with Gasteiger partial charge in [0.2, 0.25) is 0 Å². The molecule has 3 nitrogen and oxygen atoms in total. The molecule has 0 spiro atoms. The summed E-state index contributed by atoms with van der Waals surface area (Å²) in [5.74, 6) is -1.24. The highest BCUT2D eigenvalue weighted by atomic mass is 19.1. The van der Waals surface area contributed by atoms with Crippen LogP contribution in [0, 0.1) is 5.82 Å². The molecule has 0 atom stereocenters. The van der Waals surface area contributed by atoms with E-state index >= 15 is 0 Å². The average Bonchev–Trinajstić information content (AvgIpc) is 2.47. The number of hydrogen-bond acceptors (Lipinski definition) is 3. The fourth-order valence-corrected chi connectivity index (χ4v) is 1.99. The van der Waals surface area contributed by atoms with Crippen LogP contribution in [0.1, 0.15) is 15.9 Å². The van der Waals surface area contributed by atoms with Gasteiger partial charge in [-0.2, -0.15) is 0 Å². The van der Waals surface area contributed by atoms with E-state index in [1.54, 1.807) is 6.07 Å². The molecule has 4 heteroatoms. The predicted octanol–water partition coefficient (Wildman–Crippen LogP) is 3.00. The Balaban J connectivity index is 2.29. The van der Waals surface area contributed by atoms with Gasteiger partial charge in [0.25, 0.3) is 0 Å². The van der Waals surface area contributed by atoms with E-state index in [0.717, 1.165) is 23.2 Å². The molecule has 2 aromatic carbocycles. The summed E-state index contributed by atoms with van der Waals surface area (Å²) in [6.07, 6.45) is 0. The molecule has 0 bridgehead atoms. The van der Waals surface area contributed by atoms with Crippen molar-refractivity contribution in [2.75, 3.05) is 14.2 Å². The summed E-state index contributed by atoms with van der Waals surface area (Å²) in [4.78, 5) is 11.3. The van der Waals surface area contributed by atoms with Crippen LogP contribution in [-0.2, 0) is 11.3 Å². The third kappa shape index (κ3) is 3.03. The third-order valence-electron chi connectivity index (χ3n) is 3.04. The predicted molar refractivity (Wildman–Crippen MR) is 75.9 cm³/mol. The van der Waals surface area contributed by atoms with Crippen LogP contribution in [0.5, 0.6) is 0 Å².